The topological polar surface area (TPSA) is 29.3 Å². The normalized spacial score (nSPS) is 23.0. The lowest BCUT2D eigenvalue weighted by Gasteiger charge is -2.04. The first-order valence-corrected chi connectivity index (χ1v) is 7.80. The van der Waals surface area contributed by atoms with Crippen molar-refractivity contribution >= 4 is 5.97 Å². The minimum atomic E-state index is -0.111. The van der Waals surface area contributed by atoms with Crippen molar-refractivity contribution < 1.29 is 9.53 Å². The van der Waals surface area contributed by atoms with Crippen molar-refractivity contribution in [2.24, 2.45) is 0 Å². The zero-order chi connectivity index (χ0) is 15.4. The molecule has 3 rings (SSSR count). The van der Waals surface area contributed by atoms with Gasteiger partial charge in [-0.05, 0) is 24.5 Å². The van der Waals surface area contributed by atoms with E-state index in [2.05, 4.69) is 29.2 Å². The van der Waals surface area contributed by atoms with Gasteiger partial charge in [-0.2, -0.15) is 0 Å². The lowest BCUT2D eigenvalue weighted by molar-refractivity contribution is -0.143. The summed E-state index contributed by atoms with van der Waals surface area (Å²) in [4.78, 5) is 14.4. The average Bonchev–Trinajstić information content (AvgIpc) is 3.21. The number of ether oxygens (including phenoxy) is 1. The van der Waals surface area contributed by atoms with E-state index in [-0.39, 0.29) is 18.1 Å². The van der Waals surface area contributed by atoms with Crippen molar-refractivity contribution in [1.82, 2.24) is 4.90 Å². The highest BCUT2D eigenvalue weighted by atomic mass is 16.5. The Morgan fingerprint density at radius 1 is 1.00 bits per heavy atom. The molecule has 114 valence electrons. The molecule has 1 fully saturated rings. The van der Waals surface area contributed by atoms with E-state index in [0.29, 0.717) is 6.61 Å². The molecule has 1 heterocycles. The second-order valence-electron chi connectivity index (χ2n) is 5.61. The molecule has 22 heavy (non-hydrogen) atoms. The van der Waals surface area contributed by atoms with Crippen LogP contribution >= 0.6 is 0 Å². The quantitative estimate of drug-likeness (QED) is 0.606. The highest BCUT2D eigenvalue weighted by Gasteiger charge is 2.52. The fourth-order valence-electron chi connectivity index (χ4n) is 2.95. The number of carbonyl (C=O) groups excluding carboxylic acids is 1. The van der Waals surface area contributed by atoms with Crippen LogP contribution in [-0.2, 0) is 22.5 Å². The lowest BCUT2D eigenvalue weighted by atomic mass is 10.1. The molecule has 3 heteroatoms. The summed E-state index contributed by atoms with van der Waals surface area (Å²) in [5.41, 5.74) is 2.49. The molecule has 1 saturated heterocycles. The van der Waals surface area contributed by atoms with Gasteiger partial charge in [0, 0.05) is 12.6 Å². The van der Waals surface area contributed by atoms with Crippen LogP contribution in [0.2, 0.25) is 0 Å². The third-order valence-corrected chi connectivity index (χ3v) is 4.08. The molecule has 0 amide bonds. The van der Waals surface area contributed by atoms with E-state index in [1.54, 1.807) is 0 Å². The van der Waals surface area contributed by atoms with E-state index >= 15 is 0 Å². The number of rotatable bonds is 6. The van der Waals surface area contributed by atoms with E-state index in [1.165, 1.54) is 11.1 Å². The van der Waals surface area contributed by atoms with Gasteiger partial charge in [0.15, 0.2) is 0 Å². The Morgan fingerprint density at radius 3 is 2.18 bits per heavy atom. The number of hydrogen-bond donors (Lipinski definition) is 0. The molecule has 0 aliphatic carbocycles. The first-order valence-electron chi connectivity index (χ1n) is 7.80. The molecule has 0 saturated carbocycles. The largest absolute Gasteiger partial charge is 0.465 e. The van der Waals surface area contributed by atoms with E-state index in [4.69, 9.17) is 4.74 Å². The van der Waals surface area contributed by atoms with Gasteiger partial charge in [0.1, 0.15) is 6.04 Å². The molecule has 1 aliphatic rings. The van der Waals surface area contributed by atoms with Crippen molar-refractivity contribution in [3.05, 3.63) is 71.8 Å². The minimum Gasteiger partial charge on any atom is -0.465 e. The zero-order valence-electron chi connectivity index (χ0n) is 12.8. The Morgan fingerprint density at radius 2 is 1.59 bits per heavy atom. The maximum absolute atomic E-state index is 12.1. The second kappa shape index (κ2) is 6.75. The summed E-state index contributed by atoms with van der Waals surface area (Å²) in [5, 5.41) is 0. The van der Waals surface area contributed by atoms with Gasteiger partial charge < -0.3 is 4.74 Å². The number of nitrogens with zero attached hydrogens (tertiary/aromatic N) is 1. The molecular weight excluding hydrogens is 274 g/mol. The average molecular weight is 295 g/mol. The summed E-state index contributed by atoms with van der Waals surface area (Å²) in [7, 11) is 0. The van der Waals surface area contributed by atoms with Gasteiger partial charge in [-0.1, -0.05) is 60.7 Å². The van der Waals surface area contributed by atoms with E-state index in [1.807, 2.05) is 43.3 Å². The number of hydrogen-bond acceptors (Lipinski definition) is 3. The van der Waals surface area contributed by atoms with Gasteiger partial charge in [0.25, 0.3) is 0 Å². The van der Waals surface area contributed by atoms with Gasteiger partial charge in [-0.25, -0.2) is 0 Å². The molecule has 0 spiro atoms. The molecule has 3 atom stereocenters. The maximum Gasteiger partial charge on any atom is 0.325 e. The van der Waals surface area contributed by atoms with Gasteiger partial charge in [-0.3, -0.25) is 9.69 Å². The van der Waals surface area contributed by atoms with Crippen molar-refractivity contribution in [3.63, 3.8) is 0 Å². The van der Waals surface area contributed by atoms with Gasteiger partial charge >= 0.3 is 5.97 Å². The standard InChI is InChI=1S/C19H21NO2/c1-2-22-19(21)18-17(13-15-9-5-3-6-10-15)20(18)14-16-11-7-4-8-12-16/h3-12,17-18H,2,13-14H2,1H3. The molecule has 3 unspecified atom stereocenters. The van der Waals surface area contributed by atoms with Crippen LogP contribution in [0.3, 0.4) is 0 Å². The van der Waals surface area contributed by atoms with Gasteiger partial charge in [0.05, 0.1) is 6.61 Å². The predicted octanol–water partition coefficient (Wildman–Crippen LogP) is 3.05. The van der Waals surface area contributed by atoms with Crippen LogP contribution in [0.5, 0.6) is 0 Å². The molecule has 0 aromatic heterocycles. The van der Waals surface area contributed by atoms with Crippen molar-refractivity contribution in [1.29, 1.82) is 0 Å². The maximum atomic E-state index is 12.1. The van der Waals surface area contributed by atoms with E-state index < -0.39 is 0 Å². The summed E-state index contributed by atoms with van der Waals surface area (Å²) in [6.45, 7) is 3.09. The minimum absolute atomic E-state index is 0.0978. The molecular formula is C19H21NO2. The van der Waals surface area contributed by atoms with Crippen LogP contribution in [-0.4, -0.2) is 29.6 Å². The molecule has 0 radical (unpaired) electrons. The fourth-order valence-corrected chi connectivity index (χ4v) is 2.95. The predicted molar refractivity (Wildman–Crippen MR) is 86.3 cm³/mol. The molecule has 0 N–H and O–H groups in total. The molecule has 0 bridgehead atoms. The van der Waals surface area contributed by atoms with Crippen LogP contribution in [0, 0.1) is 0 Å². The first kappa shape index (κ1) is 14.8. The summed E-state index contributed by atoms with van der Waals surface area (Å²) in [6.07, 6.45) is 0.886. The Labute approximate surface area is 131 Å². The molecule has 1 aliphatic heterocycles. The lowest BCUT2D eigenvalue weighted by Crippen LogP contribution is -2.16. The third kappa shape index (κ3) is 3.37. The number of carbonyl (C=O) groups is 1. The van der Waals surface area contributed by atoms with Crippen LogP contribution in [0.4, 0.5) is 0 Å². The molecule has 2 aromatic rings. The molecule has 3 nitrogen and oxygen atoms in total. The first-order chi connectivity index (χ1) is 10.8. The smallest absolute Gasteiger partial charge is 0.325 e. The Balaban J connectivity index is 1.70. The summed E-state index contributed by atoms with van der Waals surface area (Å²) in [6, 6.07) is 20.7. The Hall–Kier alpha value is -2.13. The van der Waals surface area contributed by atoms with Crippen LogP contribution < -0.4 is 0 Å². The van der Waals surface area contributed by atoms with Crippen molar-refractivity contribution in [2.45, 2.75) is 32.0 Å². The Bertz CT molecular complexity index is 564. The van der Waals surface area contributed by atoms with Gasteiger partial charge in [-0.15, -0.1) is 0 Å². The van der Waals surface area contributed by atoms with E-state index in [9.17, 15) is 4.79 Å². The number of esters is 1. The van der Waals surface area contributed by atoms with E-state index in [0.717, 1.165) is 13.0 Å². The summed E-state index contributed by atoms with van der Waals surface area (Å²) >= 11 is 0. The third-order valence-electron chi connectivity index (χ3n) is 4.08. The second-order valence-corrected chi connectivity index (χ2v) is 5.61. The molecule has 2 aromatic carbocycles. The Kier molecular flexibility index (Phi) is 4.54. The SMILES string of the molecule is CCOC(=O)C1C(Cc2ccccc2)N1Cc1ccccc1. The highest BCUT2D eigenvalue weighted by molar-refractivity contribution is 5.80. The van der Waals surface area contributed by atoms with Crippen LogP contribution in [0.1, 0.15) is 18.1 Å². The highest BCUT2D eigenvalue weighted by Crippen LogP contribution is 2.34. The monoisotopic (exact) mass is 295 g/mol. The van der Waals surface area contributed by atoms with Crippen LogP contribution in [0.15, 0.2) is 60.7 Å². The summed E-state index contributed by atoms with van der Waals surface area (Å²) in [5.74, 6) is -0.0978. The fraction of sp³-hybridized carbons (Fsp3) is 0.316. The van der Waals surface area contributed by atoms with Crippen molar-refractivity contribution in [2.75, 3.05) is 6.61 Å². The summed E-state index contributed by atoms with van der Waals surface area (Å²) < 4.78 is 5.22. The zero-order valence-corrected chi connectivity index (χ0v) is 12.8. The van der Waals surface area contributed by atoms with Gasteiger partial charge in [0.2, 0.25) is 0 Å². The van der Waals surface area contributed by atoms with Crippen molar-refractivity contribution in [3.8, 4) is 0 Å². The number of benzene rings is 2. The van der Waals surface area contributed by atoms with Crippen LogP contribution in [0.25, 0.3) is 0 Å².